The van der Waals surface area contributed by atoms with Crippen molar-refractivity contribution >= 4 is 10.0 Å². The lowest BCUT2D eigenvalue weighted by atomic mass is 10.4. The molecule has 0 radical (unpaired) electrons. The molecule has 7 heteroatoms. The van der Waals surface area contributed by atoms with Crippen molar-refractivity contribution in [3.8, 4) is 0 Å². The quantitative estimate of drug-likeness (QED) is 0.856. The Morgan fingerprint density at radius 3 is 2.59 bits per heavy atom. The third kappa shape index (κ3) is 2.89. The molecule has 1 heterocycles. The van der Waals surface area contributed by atoms with Crippen LogP contribution in [-0.2, 0) is 16.6 Å². The highest BCUT2D eigenvalue weighted by atomic mass is 32.2. The van der Waals surface area contributed by atoms with Crippen LogP contribution < -0.4 is 4.72 Å². The normalized spacial score (nSPS) is 11.6. The van der Waals surface area contributed by atoms with Crippen molar-refractivity contribution < 1.29 is 12.8 Å². The fraction of sp³-hybridized carbons (Fsp3) is 0.100. The van der Waals surface area contributed by atoms with Crippen molar-refractivity contribution in [3.63, 3.8) is 0 Å². The molecule has 0 saturated carbocycles. The van der Waals surface area contributed by atoms with E-state index in [9.17, 15) is 12.8 Å². The maximum atomic E-state index is 12.7. The first kappa shape index (κ1) is 11.7. The number of aromatic nitrogens is 2. The number of benzene rings is 1. The largest absolute Gasteiger partial charge is 0.285 e. The average Bonchev–Trinajstić information content (AvgIpc) is 2.80. The van der Waals surface area contributed by atoms with E-state index in [4.69, 9.17) is 0 Å². The Bertz CT molecular complexity index is 579. The highest BCUT2D eigenvalue weighted by molar-refractivity contribution is 7.89. The van der Waals surface area contributed by atoms with Gasteiger partial charge < -0.3 is 0 Å². The van der Waals surface area contributed by atoms with Gasteiger partial charge in [0.1, 0.15) is 5.82 Å². The van der Waals surface area contributed by atoms with Crippen LogP contribution in [0.4, 0.5) is 4.39 Å². The molecule has 0 spiro atoms. The number of aromatic amines is 1. The van der Waals surface area contributed by atoms with Crippen LogP contribution in [0.5, 0.6) is 0 Å². The van der Waals surface area contributed by atoms with Gasteiger partial charge in [0.15, 0.2) is 0 Å². The summed E-state index contributed by atoms with van der Waals surface area (Å²) in [6, 6.07) is 4.64. The van der Waals surface area contributed by atoms with E-state index in [-0.39, 0.29) is 11.4 Å². The highest BCUT2D eigenvalue weighted by Crippen LogP contribution is 2.10. The number of hydrogen-bond acceptors (Lipinski definition) is 3. The molecule has 0 bridgehead atoms. The lowest BCUT2D eigenvalue weighted by Crippen LogP contribution is -2.22. The van der Waals surface area contributed by atoms with Gasteiger partial charge in [-0.3, -0.25) is 5.10 Å². The molecule has 0 aliphatic rings. The first-order valence-corrected chi connectivity index (χ1v) is 6.29. The summed E-state index contributed by atoms with van der Waals surface area (Å²) in [5, 5.41) is 6.28. The first-order chi connectivity index (χ1) is 8.08. The number of halogens is 1. The third-order valence-electron chi connectivity index (χ3n) is 2.15. The SMILES string of the molecule is O=S(=O)(NCc1cn[nH]c1)c1ccc(F)cc1. The minimum Gasteiger partial charge on any atom is -0.285 e. The van der Waals surface area contributed by atoms with Crippen LogP contribution in [0.3, 0.4) is 0 Å². The van der Waals surface area contributed by atoms with Gasteiger partial charge >= 0.3 is 0 Å². The van der Waals surface area contributed by atoms with Crippen molar-refractivity contribution in [1.82, 2.24) is 14.9 Å². The predicted molar refractivity (Wildman–Crippen MR) is 59.0 cm³/mol. The summed E-state index contributed by atoms with van der Waals surface area (Å²) in [5.74, 6) is -0.473. The van der Waals surface area contributed by atoms with Crippen LogP contribution in [-0.4, -0.2) is 18.6 Å². The molecule has 0 saturated heterocycles. The average molecular weight is 255 g/mol. The Morgan fingerprint density at radius 2 is 2.00 bits per heavy atom. The maximum absolute atomic E-state index is 12.7. The van der Waals surface area contributed by atoms with Gasteiger partial charge in [0.05, 0.1) is 11.1 Å². The zero-order chi connectivity index (χ0) is 12.3. The molecule has 0 unspecified atom stereocenters. The first-order valence-electron chi connectivity index (χ1n) is 4.81. The van der Waals surface area contributed by atoms with Gasteiger partial charge in [-0.05, 0) is 24.3 Å². The minimum absolute atomic E-state index is 0.0300. The topological polar surface area (TPSA) is 74.8 Å². The van der Waals surface area contributed by atoms with E-state index in [1.54, 1.807) is 6.20 Å². The van der Waals surface area contributed by atoms with E-state index in [2.05, 4.69) is 14.9 Å². The van der Waals surface area contributed by atoms with E-state index in [0.29, 0.717) is 0 Å². The summed E-state index contributed by atoms with van der Waals surface area (Å²) < 4.78 is 38.6. The van der Waals surface area contributed by atoms with Gasteiger partial charge in [0.25, 0.3) is 0 Å². The molecule has 2 aromatic rings. The van der Waals surface area contributed by atoms with Crippen molar-refractivity contribution in [2.75, 3.05) is 0 Å². The monoisotopic (exact) mass is 255 g/mol. The smallest absolute Gasteiger partial charge is 0.240 e. The molecule has 0 fully saturated rings. The van der Waals surface area contributed by atoms with Gasteiger partial charge in [-0.15, -0.1) is 0 Å². The molecule has 0 aliphatic carbocycles. The van der Waals surface area contributed by atoms with E-state index in [1.165, 1.54) is 18.3 Å². The molecule has 17 heavy (non-hydrogen) atoms. The van der Waals surface area contributed by atoms with Crippen molar-refractivity contribution in [1.29, 1.82) is 0 Å². The summed E-state index contributed by atoms with van der Waals surface area (Å²) in [5.41, 5.74) is 0.718. The third-order valence-corrected chi connectivity index (χ3v) is 3.56. The van der Waals surface area contributed by atoms with E-state index < -0.39 is 15.8 Å². The van der Waals surface area contributed by atoms with Gasteiger partial charge in [-0.25, -0.2) is 17.5 Å². The lowest BCUT2D eigenvalue weighted by Gasteiger charge is -2.05. The summed E-state index contributed by atoms with van der Waals surface area (Å²) in [7, 11) is -3.61. The van der Waals surface area contributed by atoms with Crippen LogP contribution in [0.1, 0.15) is 5.56 Å². The number of nitrogens with one attached hydrogen (secondary N) is 2. The Morgan fingerprint density at radius 1 is 1.29 bits per heavy atom. The molecule has 1 aromatic heterocycles. The molecule has 2 N–H and O–H groups in total. The zero-order valence-corrected chi connectivity index (χ0v) is 9.54. The summed E-state index contributed by atoms with van der Waals surface area (Å²) in [6.07, 6.45) is 3.11. The molecule has 0 amide bonds. The van der Waals surface area contributed by atoms with Crippen LogP contribution in [0, 0.1) is 5.82 Å². The fourth-order valence-corrected chi connectivity index (χ4v) is 2.27. The Labute approximate surface area is 97.7 Å². The van der Waals surface area contributed by atoms with Crippen molar-refractivity contribution in [2.45, 2.75) is 11.4 Å². The van der Waals surface area contributed by atoms with Gasteiger partial charge in [0.2, 0.25) is 10.0 Å². The van der Waals surface area contributed by atoms with E-state index >= 15 is 0 Å². The molecular weight excluding hydrogens is 245 g/mol. The minimum atomic E-state index is -3.61. The summed E-state index contributed by atoms with van der Waals surface area (Å²) in [6.45, 7) is 0.135. The Balaban J connectivity index is 2.11. The molecule has 0 aliphatic heterocycles. The maximum Gasteiger partial charge on any atom is 0.240 e. The lowest BCUT2D eigenvalue weighted by molar-refractivity contribution is 0.580. The van der Waals surface area contributed by atoms with E-state index in [1.807, 2.05) is 0 Å². The number of nitrogens with zero attached hydrogens (tertiary/aromatic N) is 1. The summed E-state index contributed by atoms with van der Waals surface area (Å²) in [4.78, 5) is 0.0300. The molecule has 1 aromatic carbocycles. The molecule has 0 atom stereocenters. The number of H-pyrrole nitrogens is 1. The number of rotatable bonds is 4. The second kappa shape index (κ2) is 4.64. The van der Waals surface area contributed by atoms with Crippen molar-refractivity contribution in [3.05, 3.63) is 48.0 Å². The van der Waals surface area contributed by atoms with Crippen LogP contribution in [0.15, 0.2) is 41.6 Å². The van der Waals surface area contributed by atoms with Crippen molar-refractivity contribution in [2.24, 2.45) is 0 Å². The Kier molecular flexibility index (Phi) is 3.21. The second-order valence-electron chi connectivity index (χ2n) is 3.39. The van der Waals surface area contributed by atoms with Gasteiger partial charge in [-0.1, -0.05) is 0 Å². The standard InChI is InChI=1S/C10H10FN3O2S/c11-9-1-3-10(4-2-9)17(15,16)14-7-8-5-12-13-6-8/h1-6,14H,7H2,(H,12,13). The van der Waals surface area contributed by atoms with Crippen LogP contribution in [0.25, 0.3) is 0 Å². The van der Waals surface area contributed by atoms with Gasteiger partial charge in [0, 0.05) is 18.3 Å². The number of hydrogen-bond donors (Lipinski definition) is 2. The number of sulfonamides is 1. The Hall–Kier alpha value is -1.73. The zero-order valence-electron chi connectivity index (χ0n) is 8.72. The van der Waals surface area contributed by atoms with Gasteiger partial charge in [-0.2, -0.15) is 5.10 Å². The predicted octanol–water partition coefficient (Wildman–Crippen LogP) is 1.03. The highest BCUT2D eigenvalue weighted by Gasteiger charge is 2.13. The van der Waals surface area contributed by atoms with Crippen LogP contribution in [0.2, 0.25) is 0 Å². The van der Waals surface area contributed by atoms with Crippen LogP contribution >= 0.6 is 0 Å². The summed E-state index contributed by atoms with van der Waals surface area (Å²) >= 11 is 0. The fourth-order valence-electron chi connectivity index (χ4n) is 1.25. The molecule has 2 rings (SSSR count). The molecule has 90 valence electrons. The second-order valence-corrected chi connectivity index (χ2v) is 5.15. The molecular formula is C10H10FN3O2S. The van der Waals surface area contributed by atoms with E-state index in [0.717, 1.165) is 17.7 Å². The molecule has 5 nitrogen and oxygen atoms in total.